The zero-order valence-corrected chi connectivity index (χ0v) is 11.7. The zero-order chi connectivity index (χ0) is 13.8. The first-order valence-corrected chi connectivity index (χ1v) is 7.04. The standard InChI is InChI=1S/C16H23NO2/c1-2-3-4-5-8-11-19-16-12-15(13-17-14-16)9-6-7-10-18/h12-14,18H,2-5,7-8,10-11H2,1H3. The van der Waals surface area contributed by atoms with E-state index in [0.29, 0.717) is 6.42 Å². The van der Waals surface area contributed by atoms with Gasteiger partial charge in [-0.3, -0.25) is 4.98 Å². The van der Waals surface area contributed by atoms with Crippen molar-refractivity contribution in [3.63, 3.8) is 0 Å². The number of unbranched alkanes of at least 4 members (excludes halogenated alkanes) is 4. The van der Waals surface area contributed by atoms with Crippen LogP contribution in [0.5, 0.6) is 5.75 Å². The van der Waals surface area contributed by atoms with Gasteiger partial charge in [-0.1, -0.05) is 44.4 Å². The van der Waals surface area contributed by atoms with Crippen LogP contribution in [-0.4, -0.2) is 23.3 Å². The van der Waals surface area contributed by atoms with Gasteiger partial charge in [0.25, 0.3) is 0 Å². The Balaban J connectivity index is 2.30. The fourth-order valence-electron chi connectivity index (χ4n) is 1.68. The molecule has 1 aromatic heterocycles. The summed E-state index contributed by atoms with van der Waals surface area (Å²) in [7, 11) is 0. The number of hydrogen-bond acceptors (Lipinski definition) is 3. The van der Waals surface area contributed by atoms with Crippen molar-refractivity contribution in [2.24, 2.45) is 0 Å². The van der Waals surface area contributed by atoms with Crippen LogP contribution in [0.1, 0.15) is 51.0 Å². The predicted molar refractivity (Wildman–Crippen MR) is 77.1 cm³/mol. The highest BCUT2D eigenvalue weighted by molar-refractivity contribution is 5.36. The van der Waals surface area contributed by atoms with Crippen LogP contribution in [0.15, 0.2) is 18.5 Å². The van der Waals surface area contributed by atoms with Crippen LogP contribution in [0.3, 0.4) is 0 Å². The third kappa shape index (κ3) is 7.48. The maximum absolute atomic E-state index is 8.66. The molecule has 0 bridgehead atoms. The number of hydrogen-bond donors (Lipinski definition) is 1. The Hall–Kier alpha value is -1.53. The zero-order valence-electron chi connectivity index (χ0n) is 11.7. The molecule has 3 heteroatoms. The highest BCUT2D eigenvalue weighted by atomic mass is 16.5. The van der Waals surface area contributed by atoms with E-state index in [9.17, 15) is 0 Å². The third-order valence-electron chi connectivity index (χ3n) is 2.70. The van der Waals surface area contributed by atoms with Gasteiger partial charge in [0.1, 0.15) is 5.75 Å². The molecule has 1 aromatic rings. The summed E-state index contributed by atoms with van der Waals surface area (Å²) in [6.07, 6.45) is 10.1. The average molecular weight is 261 g/mol. The first-order valence-electron chi connectivity index (χ1n) is 7.04. The molecule has 104 valence electrons. The first-order chi connectivity index (χ1) is 9.36. The van der Waals surface area contributed by atoms with Crippen LogP contribution in [0.25, 0.3) is 0 Å². The molecule has 0 saturated carbocycles. The van der Waals surface area contributed by atoms with Crippen LogP contribution in [0.4, 0.5) is 0 Å². The van der Waals surface area contributed by atoms with Gasteiger partial charge in [-0.25, -0.2) is 0 Å². The van der Waals surface area contributed by atoms with Crippen molar-refractivity contribution in [2.75, 3.05) is 13.2 Å². The van der Waals surface area contributed by atoms with Crippen molar-refractivity contribution in [2.45, 2.75) is 45.4 Å². The van der Waals surface area contributed by atoms with E-state index in [4.69, 9.17) is 9.84 Å². The number of nitrogens with zero attached hydrogens (tertiary/aromatic N) is 1. The van der Waals surface area contributed by atoms with Crippen LogP contribution in [0.2, 0.25) is 0 Å². The first kappa shape index (κ1) is 15.5. The fourth-order valence-corrected chi connectivity index (χ4v) is 1.68. The van der Waals surface area contributed by atoms with Gasteiger partial charge in [0.15, 0.2) is 0 Å². The Morgan fingerprint density at radius 1 is 1.21 bits per heavy atom. The summed E-state index contributed by atoms with van der Waals surface area (Å²) in [5.41, 5.74) is 0.830. The lowest BCUT2D eigenvalue weighted by atomic mass is 10.2. The molecule has 0 amide bonds. The van der Waals surface area contributed by atoms with Crippen LogP contribution < -0.4 is 4.74 Å². The second-order valence-corrected chi connectivity index (χ2v) is 4.45. The van der Waals surface area contributed by atoms with Gasteiger partial charge in [0, 0.05) is 18.2 Å². The summed E-state index contributed by atoms with van der Waals surface area (Å²) in [4.78, 5) is 4.10. The van der Waals surface area contributed by atoms with E-state index in [1.54, 1.807) is 12.4 Å². The van der Waals surface area contributed by atoms with Gasteiger partial charge in [0.05, 0.1) is 19.4 Å². The highest BCUT2D eigenvalue weighted by Crippen LogP contribution is 2.11. The molecule has 0 aromatic carbocycles. The van der Waals surface area contributed by atoms with Crippen molar-refractivity contribution >= 4 is 0 Å². The molecule has 0 spiro atoms. The summed E-state index contributed by atoms with van der Waals surface area (Å²) in [6.45, 7) is 3.04. The fraction of sp³-hybridized carbons (Fsp3) is 0.562. The maximum atomic E-state index is 8.66. The van der Waals surface area contributed by atoms with Crippen molar-refractivity contribution in [3.8, 4) is 17.6 Å². The molecule has 1 heterocycles. The van der Waals surface area contributed by atoms with E-state index in [1.165, 1.54) is 25.7 Å². The summed E-state index contributed by atoms with van der Waals surface area (Å²) >= 11 is 0. The lowest BCUT2D eigenvalue weighted by molar-refractivity contribution is 0.303. The summed E-state index contributed by atoms with van der Waals surface area (Å²) < 4.78 is 5.65. The lowest BCUT2D eigenvalue weighted by Crippen LogP contribution is -1.98. The van der Waals surface area contributed by atoms with Crippen LogP contribution in [0, 0.1) is 11.8 Å². The lowest BCUT2D eigenvalue weighted by Gasteiger charge is -2.05. The van der Waals surface area contributed by atoms with E-state index in [2.05, 4.69) is 23.7 Å². The monoisotopic (exact) mass is 261 g/mol. The molecule has 19 heavy (non-hydrogen) atoms. The average Bonchev–Trinajstić information content (AvgIpc) is 2.43. The predicted octanol–water partition coefficient (Wildman–Crippen LogP) is 3.16. The second-order valence-electron chi connectivity index (χ2n) is 4.45. The molecular weight excluding hydrogens is 238 g/mol. The molecule has 0 fully saturated rings. The summed E-state index contributed by atoms with van der Waals surface area (Å²) in [5, 5.41) is 8.66. The van der Waals surface area contributed by atoms with Gasteiger partial charge < -0.3 is 9.84 Å². The molecule has 1 N–H and O–H groups in total. The van der Waals surface area contributed by atoms with Crippen molar-refractivity contribution in [3.05, 3.63) is 24.0 Å². The van der Waals surface area contributed by atoms with Gasteiger partial charge >= 0.3 is 0 Å². The smallest absolute Gasteiger partial charge is 0.138 e. The SMILES string of the molecule is CCCCCCCOc1cncc(C#CCCO)c1. The van der Waals surface area contributed by atoms with Crippen LogP contribution in [-0.2, 0) is 0 Å². The maximum Gasteiger partial charge on any atom is 0.138 e. The minimum absolute atomic E-state index is 0.0916. The van der Waals surface area contributed by atoms with Crippen molar-refractivity contribution < 1.29 is 9.84 Å². The van der Waals surface area contributed by atoms with E-state index in [0.717, 1.165) is 24.3 Å². The number of aliphatic hydroxyl groups is 1. The topological polar surface area (TPSA) is 42.4 Å². The van der Waals surface area contributed by atoms with Gasteiger partial charge in [-0.05, 0) is 12.5 Å². The number of aromatic nitrogens is 1. The molecule has 1 rings (SSSR count). The molecule has 0 aliphatic rings. The minimum Gasteiger partial charge on any atom is -0.492 e. The Morgan fingerprint density at radius 2 is 2.05 bits per heavy atom. The molecule has 3 nitrogen and oxygen atoms in total. The molecule has 0 radical (unpaired) electrons. The quantitative estimate of drug-likeness (QED) is 0.577. The Morgan fingerprint density at radius 3 is 2.84 bits per heavy atom. The van der Waals surface area contributed by atoms with E-state index >= 15 is 0 Å². The largest absolute Gasteiger partial charge is 0.492 e. The van der Waals surface area contributed by atoms with Crippen molar-refractivity contribution in [1.82, 2.24) is 4.98 Å². The minimum atomic E-state index is 0.0916. The van der Waals surface area contributed by atoms with E-state index < -0.39 is 0 Å². The molecule has 0 aliphatic heterocycles. The number of rotatable bonds is 8. The Labute approximate surface area is 116 Å². The highest BCUT2D eigenvalue weighted by Gasteiger charge is 1.96. The van der Waals surface area contributed by atoms with Gasteiger partial charge in [-0.2, -0.15) is 0 Å². The Kier molecular flexibility index (Phi) is 8.50. The molecule has 0 saturated heterocycles. The van der Waals surface area contributed by atoms with Gasteiger partial charge in [-0.15, -0.1) is 0 Å². The Bertz CT molecular complexity index is 407. The third-order valence-corrected chi connectivity index (χ3v) is 2.70. The number of aliphatic hydroxyl groups excluding tert-OH is 1. The molecule has 0 atom stereocenters. The van der Waals surface area contributed by atoms with Crippen molar-refractivity contribution in [1.29, 1.82) is 0 Å². The second kappa shape index (κ2) is 10.4. The van der Waals surface area contributed by atoms with E-state index in [1.807, 2.05) is 6.07 Å². The number of pyridine rings is 1. The molecule has 0 unspecified atom stereocenters. The number of ether oxygens (including phenoxy) is 1. The summed E-state index contributed by atoms with van der Waals surface area (Å²) in [5.74, 6) is 6.59. The summed E-state index contributed by atoms with van der Waals surface area (Å²) in [6, 6.07) is 1.89. The normalized spacial score (nSPS) is 9.79. The van der Waals surface area contributed by atoms with E-state index in [-0.39, 0.29) is 6.61 Å². The molecular formula is C16H23NO2. The van der Waals surface area contributed by atoms with Crippen LogP contribution >= 0.6 is 0 Å². The van der Waals surface area contributed by atoms with Gasteiger partial charge in [0.2, 0.25) is 0 Å². The molecule has 0 aliphatic carbocycles.